The third-order valence-electron chi connectivity index (χ3n) is 4.79. The fourth-order valence-corrected chi connectivity index (χ4v) is 4.83. The predicted octanol–water partition coefficient (Wildman–Crippen LogP) is 6.59. The number of carbonyl (C=O) groups is 2. The second-order valence-corrected chi connectivity index (χ2v) is 8.75. The summed E-state index contributed by atoms with van der Waals surface area (Å²) < 4.78 is 0. The summed E-state index contributed by atoms with van der Waals surface area (Å²) in [5, 5.41) is 0.866. The number of imide groups is 1. The van der Waals surface area contributed by atoms with Crippen LogP contribution in [0.25, 0.3) is 5.57 Å². The van der Waals surface area contributed by atoms with Gasteiger partial charge in [0.25, 0.3) is 11.8 Å². The Kier molecular flexibility index (Phi) is 7.82. The fourth-order valence-electron chi connectivity index (χ4n) is 3.25. The maximum Gasteiger partial charge on any atom is 0.267 e. The zero-order valence-corrected chi connectivity index (χ0v) is 18.6. The highest BCUT2D eigenvalue weighted by Crippen LogP contribution is 2.40. The molecule has 0 N–H and O–H groups in total. The number of nitrogens with zero attached hydrogens (tertiary/aromatic N) is 1. The van der Waals surface area contributed by atoms with Crippen molar-refractivity contribution in [1.82, 2.24) is 4.90 Å². The molecule has 0 aliphatic carbocycles. The van der Waals surface area contributed by atoms with Crippen molar-refractivity contribution in [3.8, 4) is 0 Å². The lowest BCUT2D eigenvalue weighted by molar-refractivity contribution is -0.136. The second kappa shape index (κ2) is 10.3. The molecular formula is C23H23Cl2NO2S. The molecule has 0 aromatic heterocycles. The highest BCUT2D eigenvalue weighted by Gasteiger charge is 2.39. The van der Waals surface area contributed by atoms with E-state index in [-0.39, 0.29) is 11.8 Å². The van der Waals surface area contributed by atoms with Crippen molar-refractivity contribution in [2.24, 2.45) is 0 Å². The summed E-state index contributed by atoms with van der Waals surface area (Å²) >= 11 is 13.8. The second-order valence-electron chi connectivity index (χ2n) is 6.93. The quantitative estimate of drug-likeness (QED) is 0.321. The summed E-state index contributed by atoms with van der Waals surface area (Å²) in [6, 6.07) is 14.9. The van der Waals surface area contributed by atoms with Gasteiger partial charge in [0.1, 0.15) is 0 Å². The first kappa shape index (κ1) is 21.9. The smallest absolute Gasteiger partial charge is 0.267 e. The molecule has 2 amide bonds. The molecule has 2 aromatic rings. The topological polar surface area (TPSA) is 37.4 Å². The molecule has 152 valence electrons. The van der Waals surface area contributed by atoms with E-state index in [9.17, 15) is 9.59 Å². The molecule has 0 spiro atoms. The zero-order valence-electron chi connectivity index (χ0n) is 16.3. The van der Waals surface area contributed by atoms with Crippen molar-refractivity contribution < 1.29 is 9.59 Å². The van der Waals surface area contributed by atoms with Gasteiger partial charge in [-0.2, -0.15) is 0 Å². The number of amides is 2. The monoisotopic (exact) mass is 447 g/mol. The highest BCUT2D eigenvalue weighted by atomic mass is 35.5. The molecule has 0 bridgehead atoms. The summed E-state index contributed by atoms with van der Waals surface area (Å²) in [6.07, 6.45) is 4.00. The summed E-state index contributed by atoms with van der Waals surface area (Å²) in [4.78, 5) is 28.1. The van der Waals surface area contributed by atoms with E-state index in [0.29, 0.717) is 38.4 Å². The van der Waals surface area contributed by atoms with Gasteiger partial charge in [-0.25, -0.2) is 0 Å². The molecular weight excluding hydrogens is 425 g/mol. The van der Waals surface area contributed by atoms with Gasteiger partial charge in [0.05, 0.1) is 15.5 Å². The number of benzene rings is 2. The van der Waals surface area contributed by atoms with Gasteiger partial charge in [0.15, 0.2) is 0 Å². The molecule has 0 fully saturated rings. The minimum atomic E-state index is -0.272. The van der Waals surface area contributed by atoms with E-state index in [1.165, 1.54) is 16.7 Å². The molecule has 1 aliphatic heterocycles. The lowest BCUT2D eigenvalue weighted by Crippen LogP contribution is -2.32. The van der Waals surface area contributed by atoms with Gasteiger partial charge in [-0.15, -0.1) is 11.8 Å². The van der Waals surface area contributed by atoms with Crippen LogP contribution in [0.1, 0.15) is 43.7 Å². The van der Waals surface area contributed by atoms with Crippen LogP contribution in [-0.2, 0) is 15.3 Å². The maximum atomic E-state index is 13.2. The first-order chi connectivity index (χ1) is 14.0. The third-order valence-corrected chi connectivity index (χ3v) is 6.48. The van der Waals surface area contributed by atoms with Crippen LogP contribution in [0.3, 0.4) is 0 Å². The number of halogens is 2. The van der Waals surface area contributed by atoms with E-state index < -0.39 is 0 Å². The van der Waals surface area contributed by atoms with E-state index in [0.717, 1.165) is 31.2 Å². The Balaban J connectivity index is 1.90. The minimum absolute atomic E-state index is 0.228. The Morgan fingerprint density at radius 3 is 2.38 bits per heavy atom. The van der Waals surface area contributed by atoms with Gasteiger partial charge in [0.2, 0.25) is 0 Å². The first-order valence-electron chi connectivity index (χ1n) is 9.75. The van der Waals surface area contributed by atoms with Crippen LogP contribution in [0.15, 0.2) is 53.4 Å². The Labute approximate surface area is 186 Å². The first-order valence-corrected chi connectivity index (χ1v) is 11.5. The highest BCUT2D eigenvalue weighted by molar-refractivity contribution is 8.03. The number of rotatable bonds is 9. The Morgan fingerprint density at radius 1 is 0.931 bits per heavy atom. The SMILES string of the molecule is CCCCCCN1C(=O)C(SCc2ccccc2)=C(c2ccc(Cl)cc2Cl)C1=O. The van der Waals surface area contributed by atoms with E-state index in [1.54, 1.807) is 18.2 Å². The van der Waals surface area contributed by atoms with Crippen LogP contribution in [-0.4, -0.2) is 23.3 Å². The average molecular weight is 448 g/mol. The van der Waals surface area contributed by atoms with Gasteiger partial charge in [0, 0.05) is 22.9 Å². The summed E-state index contributed by atoms with van der Waals surface area (Å²) in [5.41, 5.74) is 2.03. The minimum Gasteiger partial charge on any atom is -0.274 e. The maximum absolute atomic E-state index is 13.2. The normalized spacial score (nSPS) is 14.2. The molecule has 0 saturated carbocycles. The fraction of sp³-hybridized carbons (Fsp3) is 0.304. The molecule has 0 unspecified atom stereocenters. The van der Waals surface area contributed by atoms with Crippen LogP contribution < -0.4 is 0 Å². The largest absolute Gasteiger partial charge is 0.274 e. The van der Waals surface area contributed by atoms with Crippen LogP contribution in [0.2, 0.25) is 10.0 Å². The van der Waals surface area contributed by atoms with Crippen LogP contribution in [0.5, 0.6) is 0 Å². The molecule has 0 saturated heterocycles. The van der Waals surface area contributed by atoms with Crippen LogP contribution in [0, 0.1) is 0 Å². The van der Waals surface area contributed by atoms with Gasteiger partial charge in [-0.3, -0.25) is 14.5 Å². The van der Waals surface area contributed by atoms with Crippen molar-refractivity contribution in [2.75, 3.05) is 6.54 Å². The molecule has 0 atom stereocenters. The van der Waals surface area contributed by atoms with E-state index in [4.69, 9.17) is 23.2 Å². The lowest BCUT2D eigenvalue weighted by Gasteiger charge is -2.15. The van der Waals surface area contributed by atoms with Gasteiger partial charge < -0.3 is 0 Å². The van der Waals surface area contributed by atoms with Crippen molar-refractivity contribution in [2.45, 2.75) is 38.4 Å². The average Bonchev–Trinajstić information content (AvgIpc) is 2.94. The zero-order chi connectivity index (χ0) is 20.8. The molecule has 1 aliphatic rings. The van der Waals surface area contributed by atoms with Crippen molar-refractivity contribution in [3.63, 3.8) is 0 Å². The number of hydrogen-bond acceptors (Lipinski definition) is 3. The van der Waals surface area contributed by atoms with E-state index in [1.807, 2.05) is 30.3 Å². The van der Waals surface area contributed by atoms with Gasteiger partial charge >= 0.3 is 0 Å². The Bertz CT molecular complexity index is 928. The molecule has 2 aromatic carbocycles. The van der Waals surface area contributed by atoms with Crippen molar-refractivity contribution in [1.29, 1.82) is 0 Å². The Hall–Kier alpha value is -1.75. The summed E-state index contributed by atoms with van der Waals surface area (Å²) in [5.74, 6) is 0.104. The molecule has 0 radical (unpaired) electrons. The van der Waals surface area contributed by atoms with E-state index >= 15 is 0 Å². The Morgan fingerprint density at radius 2 is 1.69 bits per heavy atom. The lowest BCUT2D eigenvalue weighted by atomic mass is 10.1. The summed E-state index contributed by atoms with van der Waals surface area (Å²) in [6.45, 7) is 2.56. The molecule has 6 heteroatoms. The van der Waals surface area contributed by atoms with Crippen LogP contribution >= 0.6 is 35.0 Å². The van der Waals surface area contributed by atoms with Crippen molar-refractivity contribution >= 4 is 52.4 Å². The van der Waals surface area contributed by atoms with Crippen molar-refractivity contribution in [3.05, 3.63) is 74.6 Å². The number of thioether (sulfide) groups is 1. The predicted molar refractivity (Wildman–Crippen MR) is 122 cm³/mol. The third kappa shape index (κ3) is 5.25. The summed E-state index contributed by atoms with van der Waals surface area (Å²) in [7, 11) is 0. The molecule has 29 heavy (non-hydrogen) atoms. The number of unbranched alkanes of at least 4 members (excludes halogenated alkanes) is 3. The van der Waals surface area contributed by atoms with E-state index in [2.05, 4.69) is 6.92 Å². The van der Waals surface area contributed by atoms with Gasteiger partial charge in [-0.05, 0) is 24.1 Å². The number of hydrogen-bond donors (Lipinski definition) is 0. The molecule has 3 rings (SSSR count). The number of carbonyl (C=O) groups excluding carboxylic acids is 2. The molecule has 3 nitrogen and oxygen atoms in total. The standard InChI is InChI=1S/C23H23Cl2NO2S/c1-2-3-4-8-13-26-22(27)20(18-12-11-17(24)14-19(18)25)21(23(26)28)29-15-16-9-6-5-7-10-16/h5-7,9-12,14H,2-4,8,13,15H2,1H3. The van der Waals surface area contributed by atoms with Gasteiger partial charge in [-0.1, -0.05) is 85.8 Å². The molecule has 1 heterocycles. The van der Waals surface area contributed by atoms with Crippen LogP contribution in [0.4, 0.5) is 0 Å².